The van der Waals surface area contributed by atoms with Crippen LogP contribution in [0.2, 0.25) is 0 Å². The van der Waals surface area contributed by atoms with Gasteiger partial charge in [-0.2, -0.15) is 0 Å². The molecule has 2 atom stereocenters. The number of aromatic nitrogens is 1. The summed E-state index contributed by atoms with van der Waals surface area (Å²) in [6.07, 6.45) is 0.244. The van der Waals surface area contributed by atoms with E-state index in [1.54, 1.807) is 12.1 Å². The van der Waals surface area contributed by atoms with E-state index in [0.29, 0.717) is 17.3 Å². The number of fused-ring (bicyclic) bond motifs is 1. The zero-order valence-electron chi connectivity index (χ0n) is 18.5. The molecule has 1 aliphatic heterocycles. The number of carbonyl (C=O) groups excluding carboxylic acids is 1. The molecule has 2 aliphatic carbocycles. The van der Waals surface area contributed by atoms with Gasteiger partial charge in [0.1, 0.15) is 17.6 Å². The molecule has 1 aromatic carbocycles. The lowest BCUT2D eigenvalue weighted by Gasteiger charge is -2.26. The number of hydrogen-bond acceptors (Lipinski definition) is 6. The maximum Gasteiger partial charge on any atom is 0.277 e. The van der Waals surface area contributed by atoms with E-state index in [1.807, 2.05) is 6.07 Å². The van der Waals surface area contributed by atoms with Gasteiger partial charge in [0.05, 0.1) is 39.3 Å². The topological polar surface area (TPSA) is 88.5 Å². The van der Waals surface area contributed by atoms with E-state index in [1.165, 1.54) is 6.07 Å². The number of Topliss-reactive ketones (excluding diaryl/α,β-unsaturated/α-hetero) is 1. The number of alkyl halides is 3. The number of carbonyl (C=O) groups is 1. The van der Waals surface area contributed by atoms with E-state index >= 15 is 0 Å². The molecule has 0 unspecified atom stereocenters. The van der Waals surface area contributed by atoms with Crippen LogP contribution in [0.1, 0.15) is 48.6 Å². The average molecular weight is 492 g/mol. The van der Waals surface area contributed by atoms with Crippen molar-refractivity contribution in [3.05, 3.63) is 41.2 Å². The van der Waals surface area contributed by atoms with Gasteiger partial charge in [-0.25, -0.2) is 26.6 Å². The van der Waals surface area contributed by atoms with Crippen molar-refractivity contribution in [2.24, 2.45) is 10.9 Å². The number of hydrogen-bond donors (Lipinski definition) is 1. The van der Waals surface area contributed by atoms with E-state index in [4.69, 9.17) is 0 Å². The van der Waals surface area contributed by atoms with Crippen LogP contribution in [0.3, 0.4) is 0 Å². The highest BCUT2D eigenvalue weighted by Crippen LogP contribution is 2.42. The highest BCUT2D eigenvalue weighted by molar-refractivity contribution is 7.90. The van der Waals surface area contributed by atoms with E-state index in [-0.39, 0.29) is 52.7 Å². The van der Waals surface area contributed by atoms with Gasteiger partial charge in [-0.15, -0.1) is 0 Å². The molecule has 3 aliphatic rings. The van der Waals surface area contributed by atoms with Crippen LogP contribution in [0.25, 0.3) is 0 Å². The first kappa shape index (κ1) is 23.0. The monoisotopic (exact) mass is 491 g/mol. The lowest BCUT2D eigenvalue weighted by molar-refractivity contribution is -0.120. The number of sulfone groups is 1. The second-order valence-corrected chi connectivity index (χ2v) is 11.3. The fraction of sp³-hybridized carbons (Fsp3) is 0.458. The third-order valence-corrected chi connectivity index (χ3v) is 7.84. The molecular formula is C24H24F3N3O3S. The highest BCUT2D eigenvalue weighted by atomic mass is 32.2. The van der Waals surface area contributed by atoms with Gasteiger partial charge < -0.3 is 5.32 Å². The lowest BCUT2D eigenvalue weighted by Crippen LogP contribution is -2.12. The predicted octanol–water partition coefficient (Wildman–Crippen LogP) is 4.86. The van der Waals surface area contributed by atoms with Crippen molar-refractivity contribution in [1.82, 2.24) is 4.98 Å². The average Bonchev–Trinajstić information content (AvgIpc) is 3.28. The number of nitrogens with one attached hydrogen (secondary N) is 1. The van der Waals surface area contributed by atoms with Gasteiger partial charge in [0.15, 0.2) is 9.84 Å². The molecule has 0 spiro atoms. The summed E-state index contributed by atoms with van der Waals surface area (Å²) in [5, 5.41) is 3.05. The molecule has 2 aromatic rings. The quantitative estimate of drug-likeness (QED) is 0.570. The highest BCUT2D eigenvalue weighted by Gasteiger charge is 2.43. The maximum atomic E-state index is 13.4. The predicted molar refractivity (Wildman–Crippen MR) is 122 cm³/mol. The minimum atomic E-state index is -3.60. The molecule has 180 valence electrons. The summed E-state index contributed by atoms with van der Waals surface area (Å²) in [5.74, 6) is -0.604. The van der Waals surface area contributed by atoms with Gasteiger partial charge in [-0.05, 0) is 48.9 Å². The number of halogens is 3. The molecule has 0 bridgehead atoms. The van der Waals surface area contributed by atoms with Crippen LogP contribution >= 0.6 is 0 Å². The Bertz CT molecular complexity index is 1310. The van der Waals surface area contributed by atoms with E-state index in [2.05, 4.69) is 15.3 Å². The zero-order chi connectivity index (χ0) is 24.2. The van der Waals surface area contributed by atoms with Crippen molar-refractivity contribution >= 4 is 38.4 Å². The molecule has 1 N–H and O–H groups in total. The minimum Gasteiger partial charge on any atom is -0.353 e. The molecule has 2 fully saturated rings. The number of rotatable bonds is 8. The Kier molecular flexibility index (Phi) is 5.74. The summed E-state index contributed by atoms with van der Waals surface area (Å²) in [6.45, 7) is 0. The van der Waals surface area contributed by atoms with Crippen molar-refractivity contribution in [2.75, 3.05) is 11.6 Å². The van der Waals surface area contributed by atoms with Gasteiger partial charge in [0, 0.05) is 19.1 Å². The van der Waals surface area contributed by atoms with Crippen molar-refractivity contribution in [2.45, 2.75) is 61.9 Å². The summed E-state index contributed by atoms with van der Waals surface area (Å²) in [6, 6.07) is 6.72. The lowest BCUT2D eigenvalue weighted by atomic mass is 9.80. The van der Waals surface area contributed by atoms with Crippen LogP contribution in [0.4, 0.5) is 30.2 Å². The van der Waals surface area contributed by atoms with Gasteiger partial charge in [-0.3, -0.25) is 9.78 Å². The SMILES string of the molecule is CS(=O)(=O)c1cc(C2CCC2)ccc1Nc1cc(CC(=O)[C@@H]2C[C@@H]2F)nc2c1N=C(C(F)F)C2. The van der Waals surface area contributed by atoms with Gasteiger partial charge in [0.2, 0.25) is 0 Å². The Morgan fingerprint density at radius 1 is 1.21 bits per heavy atom. The summed E-state index contributed by atoms with van der Waals surface area (Å²) >= 11 is 0. The zero-order valence-corrected chi connectivity index (χ0v) is 19.3. The molecule has 0 amide bonds. The molecule has 5 rings (SSSR count). The number of anilines is 2. The van der Waals surface area contributed by atoms with Crippen molar-refractivity contribution in [1.29, 1.82) is 0 Å². The molecule has 34 heavy (non-hydrogen) atoms. The largest absolute Gasteiger partial charge is 0.353 e. The minimum absolute atomic E-state index is 0.106. The van der Waals surface area contributed by atoms with Crippen LogP contribution < -0.4 is 5.32 Å². The first-order valence-electron chi connectivity index (χ1n) is 11.3. The Labute approximate surface area is 195 Å². The van der Waals surface area contributed by atoms with Gasteiger partial charge in [0.25, 0.3) is 6.43 Å². The van der Waals surface area contributed by atoms with Crippen LogP contribution in [-0.4, -0.2) is 43.7 Å². The first-order valence-corrected chi connectivity index (χ1v) is 13.2. The fourth-order valence-corrected chi connectivity index (χ4v) is 5.33. The summed E-state index contributed by atoms with van der Waals surface area (Å²) in [4.78, 5) is 20.8. The van der Waals surface area contributed by atoms with Crippen molar-refractivity contribution in [3.8, 4) is 0 Å². The van der Waals surface area contributed by atoms with E-state index in [0.717, 1.165) is 31.1 Å². The summed E-state index contributed by atoms with van der Waals surface area (Å²) in [7, 11) is -3.60. The second-order valence-electron chi connectivity index (χ2n) is 9.32. The smallest absolute Gasteiger partial charge is 0.277 e. The Balaban J connectivity index is 1.53. The number of nitrogens with zero attached hydrogens (tertiary/aromatic N) is 2. The van der Waals surface area contributed by atoms with Crippen molar-refractivity contribution < 1.29 is 26.4 Å². The Morgan fingerprint density at radius 2 is 1.94 bits per heavy atom. The third kappa shape index (κ3) is 4.47. The number of benzene rings is 1. The maximum absolute atomic E-state index is 13.4. The number of aliphatic imine (C=N–C) groups is 1. The fourth-order valence-electron chi connectivity index (χ4n) is 4.46. The van der Waals surface area contributed by atoms with Gasteiger partial charge in [-0.1, -0.05) is 12.5 Å². The standard InChI is InChI=1S/C24H24F3N3O3S/c1-34(32,33)22-7-13(12-3-2-4-12)5-6-17(22)29-18-8-14(9-21(31)15-10-16(15)25)28-19-11-20(24(26)27)30-23(18)19/h5-8,12,15-16,24H,2-4,9-11H2,1H3,(H,28,29)/t15-,16+/m1/s1. The number of pyridine rings is 1. The molecule has 2 heterocycles. The molecule has 0 radical (unpaired) electrons. The van der Waals surface area contributed by atoms with E-state index in [9.17, 15) is 26.4 Å². The van der Waals surface area contributed by atoms with Crippen LogP contribution in [-0.2, 0) is 27.5 Å². The van der Waals surface area contributed by atoms with Gasteiger partial charge >= 0.3 is 0 Å². The molecule has 10 heteroatoms. The van der Waals surface area contributed by atoms with Crippen LogP contribution in [0.15, 0.2) is 34.2 Å². The molecule has 0 saturated heterocycles. The van der Waals surface area contributed by atoms with Crippen molar-refractivity contribution in [3.63, 3.8) is 0 Å². The van der Waals surface area contributed by atoms with Crippen LogP contribution in [0, 0.1) is 5.92 Å². The summed E-state index contributed by atoms with van der Waals surface area (Å²) in [5.41, 5.74) is 1.98. The van der Waals surface area contributed by atoms with E-state index < -0.39 is 28.4 Å². The first-order chi connectivity index (χ1) is 16.1. The molecule has 2 saturated carbocycles. The van der Waals surface area contributed by atoms with Crippen LogP contribution in [0.5, 0.6) is 0 Å². The third-order valence-electron chi connectivity index (χ3n) is 6.71. The molecule has 1 aromatic heterocycles. The Morgan fingerprint density at radius 3 is 2.53 bits per heavy atom. The molecular weight excluding hydrogens is 467 g/mol. The Hall–Kier alpha value is -2.75. The second kappa shape index (κ2) is 8.48. The molecule has 6 nitrogen and oxygen atoms in total. The normalized spacial score (nSPS) is 21.7. The number of ketones is 1. The summed E-state index contributed by atoms with van der Waals surface area (Å²) < 4.78 is 65.2.